The van der Waals surface area contributed by atoms with Gasteiger partial charge in [0.05, 0.1) is 0 Å². The quantitative estimate of drug-likeness (QED) is 0.645. The molecule has 0 bridgehead atoms. The van der Waals surface area contributed by atoms with E-state index in [2.05, 4.69) is 5.32 Å². The number of nitrogens with zero attached hydrogens (tertiary/aromatic N) is 2. The minimum absolute atomic E-state index is 0.0535. The highest BCUT2D eigenvalue weighted by Crippen LogP contribution is 2.11. The van der Waals surface area contributed by atoms with Crippen molar-refractivity contribution in [3.63, 3.8) is 0 Å². The largest absolute Gasteiger partial charge is 0.480 e. The molecule has 21 heavy (non-hydrogen) atoms. The first-order valence-electron chi connectivity index (χ1n) is 6.81. The van der Waals surface area contributed by atoms with Crippen LogP contribution in [0, 0.1) is 0 Å². The van der Waals surface area contributed by atoms with Crippen LogP contribution in [0.3, 0.4) is 0 Å². The van der Waals surface area contributed by atoms with Crippen molar-refractivity contribution in [2.75, 3.05) is 20.1 Å². The van der Waals surface area contributed by atoms with Crippen LogP contribution in [0.5, 0.6) is 0 Å². The lowest BCUT2D eigenvalue weighted by molar-refractivity contribution is -0.147. The molecule has 8 nitrogen and oxygen atoms in total. The highest BCUT2D eigenvalue weighted by Gasteiger charge is 2.34. The van der Waals surface area contributed by atoms with Gasteiger partial charge in [0.15, 0.2) is 0 Å². The Morgan fingerprint density at radius 1 is 1.38 bits per heavy atom. The fraction of sp³-hybridized carbons (Fsp3) is 0.692. The van der Waals surface area contributed by atoms with Gasteiger partial charge in [-0.3, -0.25) is 14.5 Å². The van der Waals surface area contributed by atoms with Gasteiger partial charge in [0.1, 0.15) is 12.1 Å². The summed E-state index contributed by atoms with van der Waals surface area (Å²) < 4.78 is 0. The van der Waals surface area contributed by atoms with Crippen LogP contribution in [0.1, 0.15) is 33.1 Å². The van der Waals surface area contributed by atoms with Crippen molar-refractivity contribution in [1.29, 1.82) is 0 Å². The number of urea groups is 1. The Morgan fingerprint density at radius 3 is 2.43 bits per heavy atom. The summed E-state index contributed by atoms with van der Waals surface area (Å²) in [4.78, 5) is 48.4. The fourth-order valence-electron chi connectivity index (χ4n) is 1.95. The number of amides is 4. The van der Waals surface area contributed by atoms with E-state index in [1.165, 1.54) is 18.9 Å². The molecule has 118 valence electrons. The Morgan fingerprint density at radius 2 is 2.00 bits per heavy atom. The number of hydrogen-bond acceptors (Lipinski definition) is 4. The molecular weight excluding hydrogens is 278 g/mol. The number of nitrogens with one attached hydrogen (secondary N) is 1. The van der Waals surface area contributed by atoms with E-state index in [-0.39, 0.29) is 37.9 Å². The summed E-state index contributed by atoms with van der Waals surface area (Å²) in [6.45, 7) is 3.32. The summed E-state index contributed by atoms with van der Waals surface area (Å²) in [6, 6.07) is -0.371. The Hall–Kier alpha value is -2.12. The normalized spacial score (nSPS) is 17.9. The van der Waals surface area contributed by atoms with E-state index >= 15 is 0 Å². The van der Waals surface area contributed by atoms with Crippen LogP contribution in [0.4, 0.5) is 4.79 Å². The zero-order chi connectivity index (χ0) is 16.2. The Bertz CT molecular complexity index is 465. The second-order valence-electron chi connectivity index (χ2n) is 5.33. The zero-order valence-electron chi connectivity index (χ0n) is 12.5. The monoisotopic (exact) mass is 299 g/mol. The third-order valence-electron chi connectivity index (χ3n) is 3.61. The maximum atomic E-state index is 11.7. The molecule has 1 heterocycles. The maximum absolute atomic E-state index is 11.7. The first kappa shape index (κ1) is 16.9. The second kappa shape index (κ2) is 6.55. The summed E-state index contributed by atoms with van der Waals surface area (Å²) >= 11 is 0. The van der Waals surface area contributed by atoms with E-state index in [4.69, 9.17) is 5.11 Å². The number of carboxylic acids is 1. The molecule has 2 N–H and O–H groups in total. The highest BCUT2D eigenvalue weighted by atomic mass is 16.4. The van der Waals surface area contributed by atoms with E-state index < -0.39 is 17.4 Å². The molecular formula is C13H21N3O5. The summed E-state index contributed by atoms with van der Waals surface area (Å²) in [6.07, 6.45) is 0.627. The van der Waals surface area contributed by atoms with Crippen molar-refractivity contribution < 1.29 is 24.3 Å². The van der Waals surface area contributed by atoms with Crippen molar-refractivity contribution in [2.45, 2.75) is 38.6 Å². The van der Waals surface area contributed by atoms with E-state index in [0.29, 0.717) is 6.42 Å². The molecule has 4 amide bonds. The van der Waals surface area contributed by atoms with Crippen LogP contribution >= 0.6 is 0 Å². The standard InChI is InChI=1S/C13H21N3O5/c1-4-13(2,11(19)20)14-9(17)6-5-7-16-10(18)8-15(3)12(16)21/h4-8H2,1-3H3,(H,14,17)(H,19,20). The van der Waals surface area contributed by atoms with Gasteiger partial charge in [0, 0.05) is 20.0 Å². The predicted octanol–water partition coefficient (Wildman–Crippen LogP) is 0.0301. The SMILES string of the molecule is CCC(C)(NC(=O)CCCN1C(=O)CN(C)C1=O)C(=O)O. The van der Waals surface area contributed by atoms with Crippen LogP contribution in [0.25, 0.3) is 0 Å². The summed E-state index contributed by atoms with van der Waals surface area (Å²) in [5.41, 5.74) is -1.30. The van der Waals surface area contributed by atoms with E-state index in [1.807, 2.05) is 0 Å². The number of carbonyl (C=O) groups is 4. The molecule has 0 radical (unpaired) electrons. The minimum atomic E-state index is -1.30. The molecule has 0 aromatic rings. The third-order valence-corrected chi connectivity index (χ3v) is 3.61. The van der Waals surface area contributed by atoms with Gasteiger partial charge in [0.2, 0.25) is 11.8 Å². The van der Waals surface area contributed by atoms with Crippen molar-refractivity contribution >= 4 is 23.8 Å². The summed E-state index contributed by atoms with van der Waals surface area (Å²) in [5.74, 6) is -1.79. The number of carboxylic acid groups (broad SMARTS) is 1. The van der Waals surface area contributed by atoms with E-state index in [0.717, 1.165) is 4.90 Å². The van der Waals surface area contributed by atoms with Crippen LogP contribution < -0.4 is 5.32 Å². The van der Waals surface area contributed by atoms with Crippen molar-refractivity contribution in [1.82, 2.24) is 15.1 Å². The lowest BCUT2D eigenvalue weighted by Gasteiger charge is -2.24. The molecule has 0 aromatic carbocycles. The zero-order valence-corrected chi connectivity index (χ0v) is 12.5. The van der Waals surface area contributed by atoms with Gasteiger partial charge in [0.25, 0.3) is 0 Å². The summed E-state index contributed by atoms with van der Waals surface area (Å²) in [7, 11) is 1.53. The van der Waals surface area contributed by atoms with Gasteiger partial charge >= 0.3 is 12.0 Å². The molecule has 1 rings (SSSR count). The molecule has 1 aliphatic heterocycles. The van der Waals surface area contributed by atoms with Gasteiger partial charge < -0.3 is 15.3 Å². The summed E-state index contributed by atoms with van der Waals surface area (Å²) in [5, 5.41) is 11.5. The Balaban J connectivity index is 2.43. The number of likely N-dealkylation sites (N-methyl/N-ethyl adjacent to an activating group) is 1. The molecule has 0 aromatic heterocycles. The van der Waals surface area contributed by atoms with Gasteiger partial charge in [-0.25, -0.2) is 9.59 Å². The third kappa shape index (κ3) is 3.93. The lowest BCUT2D eigenvalue weighted by atomic mass is 9.99. The van der Waals surface area contributed by atoms with Crippen molar-refractivity contribution in [3.8, 4) is 0 Å². The molecule has 1 aliphatic rings. The first-order chi connectivity index (χ1) is 9.71. The number of rotatable bonds is 7. The average molecular weight is 299 g/mol. The number of aliphatic carboxylic acids is 1. The van der Waals surface area contributed by atoms with Crippen LogP contribution in [-0.2, 0) is 14.4 Å². The molecule has 0 spiro atoms. The lowest BCUT2D eigenvalue weighted by Crippen LogP contribution is -2.51. The number of hydrogen-bond donors (Lipinski definition) is 2. The van der Waals surface area contributed by atoms with Gasteiger partial charge in [-0.2, -0.15) is 0 Å². The van der Waals surface area contributed by atoms with Crippen molar-refractivity contribution in [3.05, 3.63) is 0 Å². The smallest absolute Gasteiger partial charge is 0.329 e. The van der Waals surface area contributed by atoms with Gasteiger partial charge in [-0.15, -0.1) is 0 Å². The van der Waals surface area contributed by atoms with Crippen LogP contribution in [-0.4, -0.2) is 64.4 Å². The van der Waals surface area contributed by atoms with E-state index in [9.17, 15) is 19.2 Å². The van der Waals surface area contributed by atoms with E-state index in [1.54, 1.807) is 6.92 Å². The molecule has 1 unspecified atom stereocenters. The van der Waals surface area contributed by atoms with Gasteiger partial charge in [-0.1, -0.05) is 6.92 Å². The predicted molar refractivity (Wildman–Crippen MR) is 73.4 cm³/mol. The van der Waals surface area contributed by atoms with Crippen LogP contribution in [0.15, 0.2) is 0 Å². The number of carbonyl (C=O) groups excluding carboxylic acids is 3. The molecule has 1 fully saturated rings. The number of imide groups is 1. The molecule has 0 saturated carbocycles. The molecule has 1 saturated heterocycles. The minimum Gasteiger partial charge on any atom is -0.480 e. The Kier molecular flexibility index (Phi) is 5.28. The van der Waals surface area contributed by atoms with Crippen molar-refractivity contribution in [2.24, 2.45) is 0 Å². The van der Waals surface area contributed by atoms with Gasteiger partial charge in [-0.05, 0) is 19.8 Å². The first-order valence-corrected chi connectivity index (χ1v) is 6.81. The highest BCUT2D eigenvalue weighted by molar-refractivity contribution is 6.01. The molecule has 8 heteroatoms. The molecule has 1 atom stereocenters. The molecule has 0 aliphatic carbocycles. The average Bonchev–Trinajstić information content (AvgIpc) is 2.64. The Labute approximate surface area is 123 Å². The fourth-order valence-corrected chi connectivity index (χ4v) is 1.95. The second-order valence-corrected chi connectivity index (χ2v) is 5.33. The topological polar surface area (TPSA) is 107 Å². The maximum Gasteiger partial charge on any atom is 0.329 e. The van der Waals surface area contributed by atoms with Crippen LogP contribution in [0.2, 0.25) is 0 Å².